The van der Waals surface area contributed by atoms with E-state index in [1.54, 1.807) is 12.1 Å². The monoisotopic (exact) mass is 423 g/mol. The van der Waals surface area contributed by atoms with Crippen LogP contribution in [0.2, 0.25) is 0 Å². The van der Waals surface area contributed by atoms with Crippen LogP contribution in [0.4, 0.5) is 13.2 Å². The maximum absolute atomic E-state index is 13.5. The number of alkyl halides is 3. The molecule has 0 aromatic heterocycles. The third-order valence-electron chi connectivity index (χ3n) is 4.89. The molecule has 0 saturated carbocycles. The van der Waals surface area contributed by atoms with Gasteiger partial charge in [-0.2, -0.15) is 18.3 Å². The summed E-state index contributed by atoms with van der Waals surface area (Å²) in [4.78, 5) is 2.90. The number of hydrogen-bond donors (Lipinski definition) is 2. The lowest BCUT2D eigenvalue weighted by Gasteiger charge is -2.27. The van der Waals surface area contributed by atoms with Crippen LogP contribution in [-0.2, 0) is 16.2 Å². The number of amidine groups is 1. The molecule has 2 aromatic rings. The maximum atomic E-state index is 13.5. The molecular formula is C18H16F3N5O2S. The van der Waals surface area contributed by atoms with Gasteiger partial charge in [0.2, 0.25) is 10.0 Å². The zero-order valence-electron chi connectivity index (χ0n) is 14.9. The van der Waals surface area contributed by atoms with E-state index >= 15 is 0 Å². The van der Waals surface area contributed by atoms with E-state index in [0.717, 1.165) is 24.7 Å². The van der Waals surface area contributed by atoms with Gasteiger partial charge in [-0.15, -0.1) is 5.11 Å². The summed E-state index contributed by atoms with van der Waals surface area (Å²) in [6.07, 6.45) is -4.92. The summed E-state index contributed by atoms with van der Waals surface area (Å²) < 4.78 is 65.0. The molecule has 0 spiro atoms. The Morgan fingerprint density at radius 2 is 1.76 bits per heavy atom. The van der Waals surface area contributed by atoms with Crippen molar-refractivity contribution in [3.63, 3.8) is 0 Å². The van der Waals surface area contributed by atoms with Crippen LogP contribution in [0.15, 0.2) is 56.5 Å². The molecule has 7 nitrogen and oxygen atoms in total. The van der Waals surface area contributed by atoms with Crippen LogP contribution in [0.3, 0.4) is 0 Å². The minimum Gasteiger partial charge on any atom is -0.315 e. The van der Waals surface area contributed by atoms with Gasteiger partial charge in [-0.3, -0.25) is 0 Å². The number of sulfonamides is 1. The van der Waals surface area contributed by atoms with Gasteiger partial charge in [-0.25, -0.2) is 18.5 Å². The molecular weight excluding hydrogens is 407 g/mol. The molecule has 2 aliphatic rings. The van der Waals surface area contributed by atoms with Crippen molar-refractivity contribution in [2.45, 2.75) is 17.0 Å². The molecule has 11 heteroatoms. The summed E-state index contributed by atoms with van der Waals surface area (Å²) in [6.45, 7) is 1.62. The number of primary sulfonamides is 1. The smallest absolute Gasteiger partial charge is 0.315 e. The lowest BCUT2D eigenvalue weighted by molar-refractivity contribution is -0.139. The van der Waals surface area contributed by atoms with Crippen molar-refractivity contribution in [3.05, 3.63) is 53.1 Å². The Hall–Kier alpha value is -2.63. The number of benzene rings is 2. The topological polar surface area (TPSA) is 109 Å². The Morgan fingerprint density at radius 1 is 1.07 bits per heavy atom. The highest BCUT2D eigenvalue weighted by molar-refractivity contribution is 7.89. The second-order valence-electron chi connectivity index (χ2n) is 6.75. The van der Waals surface area contributed by atoms with Gasteiger partial charge in [-0.1, -0.05) is 30.3 Å². The van der Waals surface area contributed by atoms with Gasteiger partial charge in [0.05, 0.1) is 5.56 Å². The molecule has 2 aliphatic heterocycles. The molecule has 152 valence electrons. The zero-order valence-corrected chi connectivity index (χ0v) is 15.8. The number of nitrogens with two attached hydrogens (primary N) is 1. The lowest BCUT2D eigenvalue weighted by atomic mass is 9.90. The minimum absolute atomic E-state index is 0.0945. The van der Waals surface area contributed by atoms with E-state index in [4.69, 9.17) is 5.14 Å². The van der Waals surface area contributed by atoms with Crippen molar-refractivity contribution in [2.24, 2.45) is 20.4 Å². The predicted octanol–water partition coefficient (Wildman–Crippen LogP) is 2.88. The fourth-order valence-electron chi connectivity index (χ4n) is 3.38. The number of azo groups is 1. The molecule has 0 atom stereocenters. The first-order valence-electron chi connectivity index (χ1n) is 8.66. The molecule has 1 saturated heterocycles. The molecule has 4 rings (SSSR count). The molecule has 0 aliphatic carbocycles. The van der Waals surface area contributed by atoms with Crippen molar-refractivity contribution in [3.8, 4) is 11.1 Å². The fraction of sp³-hybridized carbons (Fsp3) is 0.278. The predicted molar refractivity (Wildman–Crippen MR) is 100 cm³/mol. The first-order chi connectivity index (χ1) is 13.7. The van der Waals surface area contributed by atoms with Crippen LogP contribution < -0.4 is 10.5 Å². The van der Waals surface area contributed by atoms with E-state index in [2.05, 4.69) is 20.5 Å². The molecule has 29 heavy (non-hydrogen) atoms. The number of halogens is 3. The van der Waals surface area contributed by atoms with Crippen molar-refractivity contribution >= 4 is 15.9 Å². The number of nitrogens with one attached hydrogen (secondary N) is 1. The highest BCUT2D eigenvalue weighted by atomic mass is 32.2. The Balaban J connectivity index is 1.95. The maximum Gasteiger partial charge on any atom is 0.417 e. The third kappa shape index (κ3) is 3.68. The molecule has 1 fully saturated rings. The van der Waals surface area contributed by atoms with Gasteiger partial charge in [0, 0.05) is 24.6 Å². The molecule has 0 unspecified atom stereocenters. The van der Waals surface area contributed by atoms with Crippen LogP contribution in [0.5, 0.6) is 0 Å². The van der Waals surface area contributed by atoms with Gasteiger partial charge < -0.3 is 5.32 Å². The van der Waals surface area contributed by atoms with Crippen molar-refractivity contribution in [1.82, 2.24) is 5.32 Å². The Kier molecular flexibility index (Phi) is 4.75. The Labute approximate surface area is 164 Å². The number of nitrogens with zero attached hydrogens (tertiary/aromatic N) is 3. The molecule has 3 N–H and O–H groups in total. The molecule has 0 bridgehead atoms. The average molecular weight is 423 g/mol. The quantitative estimate of drug-likeness (QED) is 0.789. The van der Waals surface area contributed by atoms with Crippen LogP contribution in [0.25, 0.3) is 11.1 Å². The number of aliphatic imine (C=N–C) groups is 1. The van der Waals surface area contributed by atoms with Crippen LogP contribution in [-0.4, -0.2) is 34.0 Å². The Morgan fingerprint density at radius 3 is 2.24 bits per heavy atom. The molecule has 0 radical (unpaired) electrons. The highest BCUT2D eigenvalue weighted by Crippen LogP contribution is 2.40. The van der Waals surface area contributed by atoms with Crippen LogP contribution in [0, 0.1) is 0 Å². The summed E-state index contributed by atoms with van der Waals surface area (Å²) in [5.74, 6) is 0.187. The van der Waals surface area contributed by atoms with Gasteiger partial charge in [0.1, 0.15) is 4.90 Å². The van der Waals surface area contributed by atoms with Gasteiger partial charge in [-0.05, 0) is 22.8 Å². The summed E-state index contributed by atoms with van der Waals surface area (Å²) in [5, 5.41) is 15.7. The normalized spacial score (nSPS) is 17.3. The fourth-order valence-corrected chi connectivity index (χ4v) is 4.36. The second kappa shape index (κ2) is 7.01. The molecule has 2 heterocycles. The highest BCUT2D eigenvalue weighted by Gasteiger charge is 2.40. The SMILES string of the molecule is NS(=O)(=O)c1c(C(F)(F)F)ccc(-c2ccc(C3CNC3)cc2)c1C1=NCN=N1. The van der Waals surface area contributed by atoms with E-state index in [9.17, 15) is 21.6 Å². The number of hydrogen-bond acceptors (Lipinski definition) is 6. The average Bonchev–Trinajstić information content (AvgIpc) is 3.12. The summed E-state index contributed by atoms with van der Waals surface area (Å²) in [5.41, 5.74) is 0.201. The van der Waals surface area contributed by atoms with E-state index in [1.165, 1.54) is 6.07 Å². The molecule has 2 aromatic carbocycles. The van der Waals surface area contributed by atoms with E-state index < -0.39 is 26.7 Å². The van der Waals surface area contributed by atoms with Gasteiger partial charge >= 0.3 is 6.18 Å². The third-order valence-corrected chi connectivity index (χ3v) is 5.89. The summed E-state index contributed by atoms with van der Waals surface area (Å²) >= 11 is 0. The van der Waals surface area contributed by atoms with Crippen molar-refractivity contribution in [2.75, 3.05) is 19.8 Å². The lowest BCUT2D eigenvalue weighted by Crippen LogP contribution is -2.39. The standard InChI is InChI=1S/C18H16F3N5O2S/c19-18(20,21)14-6-5-13(11-3-1-10(2-4-11)12-7-23-8-12)15(16(14)29(22,27)28)17-24-9-25-26-17/h1-6,12,23H,7-9H2,(H2,22,27,28). The van der Waals surface area contributed by atoms with E-state index in [-0.39, 0.29) is 23.6 Å². The minimum atomic E-state index is -4.92. The number of rotatable bonds is 4. The van der Waals surface area contributed by atoms with Gasteiger partial charge in [0.15, 0.2) is 12.5 Å². The van der Waals surface area contributed by atoms with E-state index in [0.29, 0.717) is 11.5 Å². The summed E-state index contributed by atoms with van der Waals surface area (Å²) in [6, 6.07) is 9.14. The van der Waals surface area contributed by atoms with Crippen molar-refractivity contribution in [1.29, 1.82) is 0 Å². The largest absolute Gasteiger partial charge is 0.417 e. The van der Waals surface area contributed by atoms with Crippen molar-refractivity contribution < 1.29 is 21.6 Å². The van der Waals surface area contributed by atoms with Gasteiger partial charge in [0.25, 0.3) is 0 Å². The summed E-state index contributed by atoms with van der Waals surface area (Å²) in [7, 11) is -4.74. The first kappa shape index (κ1) is 19.7. The van der Waals surface area contributed by atoms with E-state index in [1.807, 2.05) is 12.1 Å². The van der Waals surface area contributed by atoms with Crippen LogP contribution in [0.1, 0.15) is 22.6 Å². The Bertz CT molecular complexity index is 1120. The second-order valence-corrected chi connectivity index (χ2v) is 8.25. The first-order valence-corrected chi connectivity index (χ1v) is 10.2. The van der Waals surface area contributed by atoms with Crippen LogP contribution >= 0.6 is 0 Å². The molecule has 0 amide bonds. The zero-order chi connectivity index (χ0) is 20.8.